The lowest BCUT2D eigenvalue weighted by Gasteiger charge is -2.35. The monoisotopic (exact) mass is 208 g/mol. The molecule has 2 aliphatic rings. The Hall–Kier alpha value is -0.410. The number of hydrogen-bond donors (Lipinski definition) is 1. The standard InChI is InChI=1S/C11H16N2S/c1-12-11(10-13-5-6-14-10)4-2-3-8-7-9(8)11/h5-6,8-9,12H,2-4,7H2,1H3. The summed E-state index contributed by atoms with van der Waals surface area (Å²) in [6.45, 7) is 0. The quantitative estimate of drug-likeness (QED) is 0.807. The van der Waals surface area contributed by atoms with Gasteiger partial charge in [0.15, 0.2) is 0 Å². The fraction of sp³-hybridized carbons (Fsp3) is 0.727. The second-order valence-electron chi connectivity index (χ2n) is 4.55. The topological polar surface area (TPSA) is 24.9 Å². The Morgan fingerprint density at radius 1 is 1.64 bits per heavy atom. The third kappa shape index (κ3) is 1.09. The zero-order chi connectivity index (χ0) is 9.60. The van der Waals surface area contributed by atoms with E-state index in [2.05, 4.69) is 22.7 Å². The Bertz CT molecular complexity index is 322. The molecule has 1 heterocycles. The first kappa shape index (κ1) is 8.86. The Balaban J connectivity index is 1.98. The van der Waals surface area contributed by atoms with Crippen molar-refractivity contribution < 1.29 is 0 Å². The summed E-state index contributed by atoms with van der Waals surface area (Å²) in [5.74, 6) is 1.85. The summed E-state index contributed by atoms with van der Waals surface area (Å²) in [6.07, 6.45) is 7.44. The number of hydrogen-bond acceptors (Lipinski definition) is 3. The zero-order valence-electron chi connectivity index (χ0n) is 8.49. The molecule has 0 bridgehead atoms. The second kappa shape index (κ2) is 3.04. The van der Waals surface area contributed by atoms with E-state index in [9.17, 15) is 0 Å². The molecule has 0 saturated heterocycles. The highest BCUT2D eigenvalue weighted by Crippen LogP contribution is 2.58. The maximum atomic E-state index is 4.52. The molecule has 14 heavy (non-hydrogen) atoms. The van der Waals surface area contributed by atoms with Crippen molar-refractivity contribution in [3.05, 3.63) is 16.6 Å². The predicted molar refractivity (Wildman–Crippen MR) is 58.3 cm³/mol. The van der Waals surface area contributed by atoms with Crippen molar-refractivity contribution in [1.82, 2.24) is 10.3 Å². The van der Waals surface area contributed by atoms with E-state index in [4.69, 9.17) is 0 Å². The molecule has 3 rings (SSSR count). The van der Waals surface area contributed by atoms with E-state index in [-0.39, 0.29) is 5.54 Å². The number of nitrogens with one attached hydrogen (secondary N) is 1. The lowest BCUT2D eigenvalue weighted by molar-refractivity contribution is 0.228. The van der Waals surface area contributed by atoms with Crippen molar-refractivity contribution in [2.75, 3.05) is 7.05 Å². The number of rotatable bonds is 2. The lowest BCUT2D eigenvalue weighted by Crippen LogP contribution is -2.44. The molecular weight excluding hydrogens is 192 g/mol. The smallest absolute Gasteiger partial charge is 0.113 e. The van der Waals surface area contributed by atoms with Crippen LogP contribution in [0.3, 0.4) is 0 Å². The van der Waals surface area contributed by atoms with Crippen molar-refractivity contribution in [2.24, 2.45) is 11.8 Å². The highest BCUT2D eigenvalue weighted by molar-refractivity contribution is 7.09. The van der Waals surface area contributed by atoms with Crippen LogP contribution < -0.4 is 5.32 Å². The van der Waals surface area contributed by atoms with Crippen molar-refractivity contribution in [3.8, 4) is 0 Å². The van der Waals surface area contributed by atoms with E-state index in [1.165, 1.54) is 30.7 Å². The summed E-state index contributed by atoms with van der Waals surface area (Å²) in [4.78, 5) is 4.52. The van der Waals surface area contributed by atoms with Crippen LogP contribution in [0.5, 0.6) is 0 Å². The van der Waals surface area contributed by atoms with Gasteiger partial charge in [-0.1, -0.05) is 12.8 Å². The fourth-order valence-corrected chi connectivity index (χ4v) is 4.06. The van der Waals surface area contributed by atoms with Gasteiger partial charge in [0.05, 0.1) is 5.54 Å². The molecule has 0 radical (unpaired) electrons. The summed E-state index contributed by atoms with van der Waals surface area (Å²) in [7, 11) is 2.10. The maximum absolute atomic E-state index is 4.52. The van der Waals surface area contributed by atoms with E-state index < -0.39 is 0 Å². The molecule has 3 unspecified atom stereocenters. The maximum Gasteiger partial charge on any atom is 0.113 e. The molecule has 1 aromatic rings. The molecule has 1 N–H and O–H groups in total. The lowest BCUT2D eigenvalue weighted by atomic mass is 9.82. The molecule has 3 heteroatoms. The van der Waals surface area contributed by atoms with Gasteiger partial charge in [-0.05, 0) is 31.7 Å². The predicted octanol–water partition coefficient (Wildman–Crippen LogP) is 2.38. The number of thiazole rings is 1. The largest absolute Gasteiger partial charge is 0.308 e. The third-order valence-corrected chi connectivity index (χ3v) is 4.91. The van der Waals surface area contributed by atoms with E-state index >= 15 is 0 Å². The van der Waals surface area contributed by atoms with Crippen LogP contribution in [-0.4, -0.2) is 12.0 Å². The van der Waals surface area contributed by atoms with Crippen molar-refractivity contribution in [2.45, 2.75) is 31.2 Å². The van der Waals surface area contributed by atoms with Gasteiger partial charge in [-0.2, -0.15) is 0 Å². The molecule has 2 saturated carbocycles. The van der Waals surface area contributed by atoms with Gasteiger partial charge >= 0.3 is 0 Å². The Morgan fingerprint density at radius 3 is 3.29 bits per heavy atom. The molecule has 2 aliphatic carbocycles. The summed E-state index contributed by atoms with van der Waals surface area (Å²) < 4.78 is 0. The van der Waals surface area contributed by atoms with Crippen molar-refractivity contribution in [3.63, 3.8) is 0 Å². The van der Waals surface area contributed by atoms with E-state index in [0.717, 1.165) is 11.8 Å². The van der Waals surface area contributed by atoms with E-state index in [0.29, 0.717) is 0 Å². The molecule has 76 valence electrons. The minimum absolute atomic E-state index is 0.233. The van der Waals surface area contributed by atoms with Gasteiger partial charge in [0.1, 0.15) is 5.01 Å². The van der Waals surface area contributed by atoms with Gasteiger partial charge in [0.2, 0.25) is 0 Å². The molecule has 0 spiro atoms. The summed E-state index contributed by atoms with van der Waals surface area (Å²) in [5.41, 5.74) is 0.233. The third-order valence-electron chi connectivity index (χ3n) is 3.96. The van der Waals surface area contributed by atoms with Crippen LogP contribution in [0.15, 0.2) is 11.6 Å². The Labute approximate surface area is 88.7 Å². The van der Waals surface area contributed by atoms with Gasteiger partial charge < -0.3 is 5.32 Å². The molecule has 1 aromatic heterocycles. The zero-order valence-corrected chi connectivity index (χ0v) is 9.31. The van der Waals surface area contributed by atoms with Crippen LogP contribution in [-0.2, 0) is 5.54 Å². The molecule has 0 aromatic carbocycles. The van der Waals surface area contributed by atoms with Crippen LogP contribution in [0.25, 0.3) is 0 Å². The first-order valence-corrected chi connectivity index (χ1v) is 6.33. The van der Waals surface area contributed by atoms with Crippen LogP contribution in [0.4, 0.5) is 0 Å². The summed E-state index contributed by atoms with van der Waals surface area (Å²) in [5, 5.41) is 6.97. The summed E-state index contributed by atoms with van der Waals surface area (Å²) >= 11 is 1.81. The Morgan fingerprint density at radius 2 is 2.57 bits per heavy atom. The van der Waals surface area contributed by atoms with Gasteiger partial charge in [-0.25, -0.2) is 4.98 Å². The summed E-state index contributed by atoms with van der Waals surface area (Å²) in [6, 6.07) is 0. The van der Waals surface area contributed by atoms with Crippen LogP contribution in [0, 0.1) is 11.8 Å². The molecule has 3 atom stereocenters. The van der Waals surface area contributed by atoms with Crippen LogP contribution in [0.1, 0.15) is 30.7 Å². The molecule has 0 aliphatic heterocycles. The van der Waals surface area contributed by atoms with E-state index in [1.54, 1.807) is 0 Å². The van der Waals surface area contributed by atoms with E-state index in [1.807, 2.05) is 17.5 Å². The number of aromatic nitrogens is 1. The van der Waals surface area contributed by atoms with Crippen molar-refractivity contribution in [1.29, 1.82) is 0 Å². The molecule has 2 nitrogen and oxygen atoms in total. The molecular formula is C11H16N2S. The van der Waals surface area contributed by atoms with Gasteiger partial charge in [0.25, 0.3) is 0 Å². The minimum atomic E-state index is 0.233. The van der Waals surface area contributed by atoms with Crippen LogP contribution >= 0.6 is 11.3 Å². The van der Waals surface area contributed by atoms with Gasteiger partial charge in [-0.3, -0.25) is 0 Å². The van der Waals surface area contributed by atoms with Crippen molar-refractivity contribution >= 4 is 11.3 Å². The first-order chi connectivity index (χ1) is 6.87. The SMILES string of the molecule is CNC1(c2nccs2)CCCC2CC21. The molecule has 2 fully saturated rings. The average molecular weight is 208 g/mol. The second-order valence-corrected chi connectivity index (χ2v) is 5.45. The highest BCUT2D eigenvalue weighted by atomic mass is 32.1. The fourth-order valence-electron chi connectivity index (χ4n) is 3.13. The number of nitrogens with zero attached hydrogens (tertiary/aromatic N) is 1. The first-order valence-electron chi connectivity index (χ1n) is 5.46. The Kier molecular flexibility index (Phi) is 1.92. The normalized spacial score (nSPS) is 40.6. The highest BCUT2D eigenvalue weighted by Gasteiger charge is 2.56. The van der Waals surface area contributed by atoms with Gasteiger partial charge in [0, 0.05) is 11.6 Å². The molecule has 0 amide bonds. The number of fused-ring (bicyclic) bond motifs is 1. The van der Waals surface area contributed by atoms with Gasteiger partial charge in [-0.15, -0.1) is 11.3 Å². The van der Waals surface area contributed by atoms with Crippen LogP contribution in [0.2, 0.25) is 0 Å². The minimum Gasteiger partial charge on any atom is -0.308 e. The average Bonchev–Trinajstić information content (AvgIpc) is 2.82.